The number of nitrogens with two attached hydrogens (primary N) is 2. The fourth-order valence-electron chi connectivity index (χ4n) is 1.61. The second-order valence-corrected chi connectivity index (χ2v) is 4.31. The quantitative estimate of drug-likeness (QED) is 0.675. The summed E-state index contributed by atoms with van der Waals surface area (Å²) in [6, 6.07) is 0. The summed E-state index contributed by atoms with van der Waals surface area (Å²) >= 11 is 1.06. The molecule has 2 rings (SSSR count). The number of rotatable bonds is 3. The molecule has 0 saturated heterocycles. The van der Waals surface area contributed by atoms with Gasteiger partial charge in [0.15, 0.2) is 0 Å². The molecule has 0 aromatic heterocycles. The van der Waals surface area contributed by atoms with E-state index in [1.807, 2.05) is 6.08 Å². The van der Waals surface area contributed by atoms with E-state index >= 15 is 0 Å². The topological polar surface area (TPSA) is 73.6 Å². The highest BCUT2D eigenvalue weighted by Gasteiger charge is 2.35. The minimum Gasteiger partial charge on any atom is -0.392 e. The van der Waals surface area contributed by atoms with Crippen molar-refractivity contribution < 1.29 is 4.74 Å². The van der Waals surface area contributed by atoms with Gasteiger partial charge in [0, 0.05) is 0 Å². The third-order valence-corrected chi connectivity index (χ3v) is 2.84. The number of nitrogens with zero attached hydrogens (tertiary/aromatic N) is 1. The van der Waals surface area contributed by atoms with Crippen molar-refractivity contribution in [2.75, 3.05) is 13.2 Å². The summed E-state index contributed by atoms with van der Waals surface area (Å²) in [7, 11) is 0. The van der Waals surface area contributed by atoms with Crippen molar-refractivity contribution in [3.8, 4) is 0 Å². The van der Waals surface area contributed by atoms with Crippen molar-refractivity contribution in [3.05, 3.63) is 11.1 Å². The number of aliphatic imine (C=N–C) groups is 1. The Morgan fingerprint density at radius 1 is 1.57 bits per heavy atom. The first-order chi connectivity index (χ1) is 6.81. The van der Waals surface area contributed by atoms with E-state index in [0.717, 1.165) is 30.8 Å². The Labute approximate surface area is 87.9 Å². The summed E-state index contributed by atoms with van der Waals surface area (Å²) < 4.78 is 5.68. The molecule has 1 atom stereocenters. The molecule has 2 aliphatic rings. The smallest absolute Gasteiger partial charge is 0.102 e. The van der Waals surface area contributed by atoms with Crippen LogP contribution in [-0.4, -0.2) is 25.0 Å². The normalized spacial score (nSPS) is 28.8. The molecule has 0 amide bonds. The Balaban J connectivity index is 2.09. The van der Waals surface area contributed by atoms with Gasteiger partial charge in [-0.3, -0.25) is 10.1 Å². The molecule has 0 aromatic rings. The zero-order chi connectivity index (χ0) is 9.97. The fraction of sp³-hybridized carbons (Fsp3) is 0.667. The van der Waals surface area contributed by atoms with Gasteiger partial charge in [0.25, 0.3) is 0 Å². The number of hydrogen-bond donors (Lipinski definition) is 2. The molecule has 1 heterocycles. The largest absolute Gasteiger partial charge is 0.392 e. The van der Waals surface area contributed by atoms with Gasteiger partial charge in [0.05, 0.1) is 23.9 Å². The highest BCUT2D eigenvalue weighted by atomic mass is 32.2. The van der Waals surface area contributed by atoms with Gasteiger partial charge in [-0.05, 0) is 36.8 Å². The molecular weight excluding hydrogens is 198 g/mol. The van der Waals surface area contributed by atoms with Crippen LogP contribution < -0.4 is 10.9 Å². The van der Waals surface area contributed by atoms with Crippen LogP contribution in [0, 0.1) is 5.92 Å². The van der Waals surface area contributed by atoms with Gasteiger partial charge in [-0.2, -0.15) is 0 Å². The Morgan fingerprint density at radius 2 is 2.36 bits per heavy atom. The van der Waals surface area contributed by atoms with Crippen LogP contribution in [0.4, 0.5) is 0 Å². The molecule has 0 radical (unpaired) electrons. The second kappa shape index (κ2) is 4.33. The lowest BCUT2D eigenvalue weighted by Crippen LogP contribution is -2.31. The maximum absolute atomic E-state index is 5.68. The maximum Gasteiger partial charge on any atom is 0.102 e. The molecule has 1 saturated carbocycles. The van der Waals surface area contributed by atoms with Crippen molar-refractivity contribution in [1.82, 2.24) is 0 Å². The Morgan fingerprint density at radius 3 is 3.00 bits per heavy atom. The molecule has 1 aliphatic heterocycles. The van der Waals surface area contributed by atoms with E-state index in [2.05, 4.69) is 4.99 Å². The van der Waals surface area contributed by atoms with Gasteiger partial charge in [-0.15, -0.1) is 0 Å². The SMILES string of the molecule is NSC(N)=CC1=NCCO[C@@H]1C1CC1. The van der Waals surface area contributed by atoms with Crippen molar-refractivity contribution in [3.63, 3.8) is 0 Å². The average Bonchev–Trinajstić information content (AvgIpc) is 3.02. The maximum atomic E-state index is 5.68. The molecule has 4 nitrogen and oxygen atoms in total. The molecular formula is C9H15N3OS. The highest BCUT2D eigenvalue weighted by molar-refractivity contribution is 8.00. The second-order valence-electron chi connectivity index (χ2n) is 3.60. The van der Waals surface area contributed by atoms with Gasteiger partial charge in [-0.25, -0.2) is 0 Å². The van der Waals surface area contributed by atoms with Gasteiger partial charge in [-0.1, -0.05) is 0 Å². The molecule has 78 valence electrons. The number of hydrogen-bond acceptors (Lipinski definition) is 5. The first-order valence-electron chi connectivity index (χ1n) is 4.81. The fourth-order valence-corrected chi connectivity index (χ4v) is 1.80. The third-order valence-electron chi connectivity index (χ3n) is 2.45. The molecule has 5 heteroatoms. The molecule has 0 bridgehead atoms. The molecule has 0 spiro atoms. The zero-order valence-electron chi connectivity index (χ0n) is 7.98. The summed E-state index contributed by atoms with van der Waals surface area (Å²) in [5.74, 6) is 0.654. The van der Waals surface area contributed by atoms with E-state index in [1.165, 1.54) is 12.8 Å². The van der Waals surface area contributed by atoms with Gasteiger partial charge in [0.1, 0.15) is 6.10 Å². The molecule has 1 fully saturated rings. The lowest BCUT2D eigenvalue weighted by Gasteiger charge is -2.21. The van der Waals surface area contributed by atoms with Crippen molar-refractivity contribution in [2.45, 2.75) is 18.9 Å². The van der Waals surface area contributed by atoms with Gasteiger partial charge >= 0.3 is 0 Å². The highest BCUT2D eigenvalue weighted by Crippen LogP contribution is 2.36. The summed E-state index contributed by atoms with van der Waals surface area (Å²) in [6.07, 6.45) is 4.49. The first kappa shape index (κ1) is 10.0. The summed E-state index contributed by atoms with van der Waals surface area (Å²) in [4.78, 5) is 4.43. The summed E-state index contributed by atoms with van der Waals surface area (Å²) in [5, 5.41) is 5.95. The molecule has 0 unspecified atom stereocenters. The van der Waals surface area contributed by atoms with E-state index in [0.29, 0.717) is 10.9 Å². The van der Waals surface area contributed by atoms with E-state index < -0.39 is 0 Å². The Kier molecular flexibility index (Phi) is 3.10. The standard InChI is InChI=1S/C9H15N3OS/c10-8(14-11)5-7-9(6-1-2-6)13-4-3-12-7/h5-6,9H,1-4,10-11H2/t9-/m1/s1. The van der Waals surface area contributed by atoms with E-state index in [1.54, 1.807) is 0 Å². The van der Waals surface area contributed by atoms with E-state index in [4.69, 9.17) is 15.6 Å². The van der Waals surface area contributed by atoms with Crippen molar-refractivity contribution in [1.29, 1.82) is 0 Å². The minimum atomic E-state index is 0.162. The lowest BCUT2D eigenvalue weighted by molar-refractivity contribution is 0.0817. The van der Waals surface area contributed by atoms with Crippen LogP contribution in [0.1, 0.15) is 12.8 Å². The predicted molar refractivity (Wildman–Crippen MR) is 58.8 cm³/mol. The summed E-state index contributed by atoms with van der Waals surface area (Å²) in [5.41, 5.74) is 6.62. The Bertz CT molecular complexity index is 273. The van der Waals surface area contributed by atoms with Crippen LogP contribution in [0.15, 0.2) is 16.1 Å². The zero-order valence-corrected chi connectivity index (χ0v) is 8.80. The average molecular weight is 213 g/mol. The molecule has 4 N–H and O–H groups in total. The van der Waals surface area contributed by atoms with Crippen LogP contribution in [0.5, 0.6) is 0 Å². The Hall–Kier alpha value is -0.520. The van der Waals surface area contributed by atoms with Crippen molar-refractivity contribution >= 4 is 17.7 Å². The third kappa shape index (κ3) is 2.29. The van der Waals surface area contributed by atoms with Crippen LogP contribution >= 0.6 is 11.9 Å². The van der Waals surface area contributed by atoms with Crippen LogP contribution in [0.25, 0.3) is 0 Å². The molecule has 14 heavy (non-hydrogen) atoms. The minimum absolute atomic E-state index is 0.162. The van der Waals surface area contributed by atoms with Crippen LogP contribution in [0.3, 0.4) is 0 Å². The lowest BCUT2D eigenvalue weighted by atomic mass is 10.1. The molecule has 0 aromatic carbocycles. The van der Waals surface area contributed by atoms with Crippen LogP contribution in [0.2, 0.25) is 0 Å². The van der Waals surface area contributed by atoms with Gasteiger partial charge in [0.2, 0.25) is 0 Å². The van der Waals surface area contributed by atoms with Crippen LogP contribution in [-0.2, 0) is 4.74 Å². The summed E-state index contributed by atoms with van der Waals surface area (Å²) in [6.45, 7) is 1.46. The van der Waals surface area contributed by atoms with Gasteiger partial charge < -0.3 is 10.5 Å². The molecule has 1 aliphatic carbocycles. The predicted octanol–water partition coefficient (Wildman–Crippen LogP) is 0.643. The first-order valence-corrected chi connectivity index (χ1v) is 5.69. The monoisotopic (exact) mass is 213 g/mol. The van der Waals surface area contributed by atoms with E-state index in [-0.39, 0.29) is 6.10 Å². The van der Waals surface area contributed by atoms with Crippen molar-refractivity contribution in [2.24, 2.45) is 21.8 Å². The van der Waals surface area contributed by atoms with E-state index in [9.17, 15) is 0 Å². The number of ether oxygens (including phenoxy) is 1.